The Hall–Kier alpha value is -1.62. The van der Waals surface area contributed by atoms with Gasteiger partial charge in [0.15, 0.2) is 0 Å². The van der Waals surface area contributed by atoms with Gasteiger partial charge in [-0.2, -0.15) is 0 Å². The van der Waals surface area contributed by atoms with Gasteiger partial charge in [0, 0.05) is 9.95 Å². The maximum atomic E-state index is 11.2. The number of methoxy groups -OCH3 is 1. The van der Waals surface area contributed by atoms with Crippen molar-refractivity contribution in [1.82, 2.24) is 0 Å². The van der Waals surface area contributed by atoms with E-state index in [0.29, 0.717) is 10.6 Å². The van der Waals surface area contributed by atoms with Crippen molar-refractivity contribution in [2.45, 2.75) is 12.3 Å². The highest BCUT2D eigenvalue weighted by Crippen LogP contribution is 2.22. The van der Waals surface area contributed by atoms with Gasteiger partial charge < -0.3 is 4.74 Å². The van der Waals surface area contributed by atoms with Crippen LogP contribution in [0.5, 0.6) is 0 Å². The number of ether oxygens (including phenoxy) is 1. The first-order valence-electron chi connectivity index (χ1n) is 4.97. The van der Waals surface area contributed by atoms with E-state index >= 15 is 0 Å². The van der Waals surface area contributed by atoms with Crippen molar-refractivity contribution in [3.8, 4) is 0 Å². The van der Waals surface area contributed by atoms with Gasteiger partial charge in [0.1, 0.15) is 0 Å². The van der Waals surface area contributed by atoms with Crippen molar-refractivity contribution >= 4 is 17.6 Å². The van der Waals surface area contributed by atoms with Crippen LogP contribution in [0.3, 0.4) is 0 Å². The van der Waals surface area contributed by atoms with Crippen molar-refractivity contribution in [3.05, 3.63) is 45.0 Å². The van der Waals surface area contributed by atoms with E-state index in [1.165, 1.54) is 7.11 Å². The lowest BCUT2D eigenvalue weighted by molar-refractivity contribution is -0.483. The molecule has 0 spiro atoms. The standard InChI is InChI=1S/C11H12ClNO4/c1-17-11(14)6-9(7-13(15)16)8-2-4-10(12)5-3-8/h2-5,9H,6-7H2,1H3/t9-/m1/s1. The SMILES string of the molecule is COC(=O)C[C@H](C[N+](=O)[O-])c1ccc(Cl)cc1. The quantitative estimate of drug-likeness (QED) is 0.461. The van der Waals surface area contributed by atoms with Gasteiger partial charge in [0.25, 0.3) is 0 Å². The third-order valence-corrected chi connectivity index (χ3v) is 2.60. The van der Waals surface area contributed by atoms with E-state index in [-0.39, 0.29) is 13.0 Å². The van der Waals surface area contributed by atoms with Crippen LogP contribution in [0.1, 0.15) is 17.9 Å². The number of halogens is 1. The van der Waals surface area contributed by atoms with Crippen LogP contribution < -0.4 is 0 Å². The molecule has 1 aromatic carbocycles. The summed E-state index contributed by atoms with van der Waals surface area (Å²) in [5.74, 6) is -0.957. The monoisotopic (exact) mass is 257 g/mol. The van der Waals surface area contributed by atoms with Crippen molar-refractivity contribution in [2.75, 3.05) is 13.7 Å². The Labute approximate surface area is 103 Å². The minimum Gasteiger partial charge on any atom is -0.469 e. The second kappa shape index (κ2) is 6.20. The van der Waals surface area contributed by atoms with Gasteiger partial charge in [-0.15, -0.1) is 0 Å². The summed E-state index contributed by atoms with van der Waals surface area (Å²) in [6, 6.07) is 6.64. The Balaban J connectivity index is 2.85. The van der Waals surface area contributed by atoms with Crippen LogP contribution in [0.15, 0.2) is 24.3 Å². The van der Waals surface area contributed by atoms with Crippen LogP contribution in [0.25, 0.3) is 0 Å². The molecule has 0 bridgehead atoms. The Morgan fingerprint density at radius 3 is 2.53 bits per heavy atom. The zero-order chi connectivity index (χ0) is 12.8. The molecule has 17 heavy (non-hydrogen) atoms. The molecule has 0 radical (unpaired) electrons. The minimum atomic E-state index is -0.491. The predicted octanol–water partition coefficient (Wildman–Crippen LogP) is 2.26. The molecule has 0 fully saturated rings. The summed E-state index contributed by atoms with van der Waals surface area (Å²) < 4.78 is 4.52. The molecule has 0 aromatic heterocycles. The highest BCUT2D eigenvalue weighted by atomic mass is 35.5. The van der Waals surface area contributed by atoms with E-state index in [2.05, 4.69) is 4.74 Å². The second-order valence-corrected chi connectivity index (χ2v) is 3.98. The number of nitrogens with zero attached hydrogens (tertiary/aromatic N) is 1. The fourth-order valence-corrected chi connectivity index (χ4v) is 1.61. The number of hydrogen-bond acceptors (Lipinski definition) is 4. The molecule has 0 heterocycles. The lowest BCUT2D eigenvalue weighted by atomic mass is 9.96. The molecule has 0 aliphatic carbocycles. The minimum absolute atomic E-state index is 0.0148. The molecule has 0 saturated carbocycles. The number of esters is 1. The van der Waals surface area contributed by atoms with Gasteiger partial charge in [0.2, 0.25) is 6.54 Å². The average Bonchev–Trinajstić information content (AvgIpc) is 2.28. The molecule has 1 rings (SSSR count). The molecule has 92 valence electrons. The molecule has 0 aliphatic rings. The molecule has 1 atom stereocenters. The molecule has 0 amide bonds. The Morgan fingerprint density at radius 1 is 1.47 bits per heavy atom. The Morgan fingerprint density at radius 2 is 2.06 bits per heavy atom. The summed E-state index contributed by atoms with van der Waals surface area (Å²) in [6.45, 7) is -0.309. The number of benzene rings is 1. The lowest BCUT2D eigenvalue weighted by Gasteiger charge is -2.11. The van der Waals surface area contributed by atoms with Crippen molar-refractivity contribution < 1.29 is 14.5 Å². The maximum Gasteiger partial charge on any atom is 0.306 e. The lowest BCUT2D eigenvalue weighted by Crippen LogP contribution is -2.17. The normalized spacial score (nSPS) is 11.9. The smallest absolute Gasteiger partial charge is 0.306 e. The third kappa shape index (κ3) is 4.40. The summed E-state index contributed by atoms with van der Waals surface area (Å²) in [5, 5.41) is 11.1. The summed E-state index contributed by atoms with van der Waals surface area (Å²) in [7, 11) is 1.26. The van der Waals surface area contributed by atoms with E-state index in [1.807, 2.05) is 0 Å². The Bertz CT molecular complexity index is 404. The fraction of sp³-hybridized carbons (Fsp3) is 0.364. The number of rotatable bonds is 5. The van der Waals surface area contributed by atoms with Gasteiger partial charge in [-0.05, 0) is 17.7 Å². The molecule has 5 nitrogen and oxygen atoms in total. The second-order valence-electron chi connectivity index (χ2n) is 3.54. The summed E-state index contributed by atoms with van der Waals surface area (Å²) in [4.78, 5) is 21.3. The van der Waals surface area contributed by atoms with Gasteiger partial charge in [0.05, 0.1) is 19.4 Å². The Kier molecular flexibility index (Phi) is 4.90. The topological polar surface area (TPSA) is 69.4 Å². The van der Waals surface area contributed by atoms with E-state index in [9.17, 15) is 14.9 Å². The first-order valence-corrected chi connectivity index (χ1v) is 5.34. The third-order valence-electron chi connectivity index (χ3n) is 2.35. The highest BCUT2D eigenvalue weighted by molar-refractivity contribution is 6.30. The largest absolute Gasteiger partial charge is 0.469 e. The molecule has 0 aliphatic heterocycles. The highest BCUT2D eigenvalue weighted by Gasteiger charge is 2.21. The molecular formula is C11H12ClNO4. The van der Waals surface area contributed by atoms with E-state index in [1.54, 1.807) is 24.3 Å². The maximum absolute atomic E-state index is 11.2. The van der Waals surface area contributed by atoms with Crippen molar-refractivity contribution in [2.24, 2.45) is 0 Å². The van der Waals surface area contributed by atoms with Crippen molar-refractivity contribution in [3.63, 3.8) is 0 Å². The van der Waals surface area contributed by atoms with Crippen molar-refractivity contribution in [1.29, 1.82) is 0 Å². The van der Waals surface area contributed by atoms with Crippen LogP contribution >= 0.6 is 11.6 Å². The van der Waals surface area contributed by atoms with Crippen LogP contribution in [-0.4, -0.2) is 24.5 Å². The molecule has 0 saturated heterocycles. The van der Waals surface area contributed by atoms with E-state index in [0.717, 1.165) is 0 Å². The molecular weight excluding hydrogens is 246 g/mol. The number of carbonyl (C=O) groups excluding carboxylic acids is 1. The first kappa shape index (κ1) is 13.4. The molecule has 0 N–H and O–H groups in total. The van der Waals surface area contributed by atoms with Crippen LogP contribution in [-0.2, 0) is 9.53 Å². The zero-order valence-electron chi connectivity index (χ0n) is 9.26. The molecule has 1 aromatic rings. The summed E-state index contributed by atoms with van der Waals surface area (Å²) in [6.07, 6.45) is -0.0148. The first-order chi connectivity index (χ1) is 8.02. The van der Waals surface area contributed by atoms with E-state index < -0.39 is 16.8 Å². The summed E-state index contributed by atoms with van der Waals surface area (Å²) in [5.41, 5.74) is 0.705. The molecule has 0 unspecified atom stereocenters. The summed E-state index contributed by atoms with van der Waals surface area (Å²) >= 11 is 5.73. The van der Waals surface area contributed by atoms with Gasteiger partial charge in [-0.25, -0.2) is 0 Å². The van der Waals surface area contributed by atoms with Crippen LogP contribution in [0.2, 0.25) is 5.02 Å². The molecule has 6 heteroatoms. The van der Waals surface area contributed by atoms with Gasteiger partial charge >= 0.3 is 5.97 Å². The van der Waals surface area contributed by atoms with Gasteiger partial charge in [-0.3, -0.25) is 14.9 Å². The van der Waals surface area contributed by atoms with Crippen LogP contribution in [0.4, 0.5) is 0 Å². The van der Waals surface area contributed by atoms with E-state index in [4.69, 9.17) is 11.6 Å². The number of hydrogen-bond donors (Lipinski definition) is 0. The predicted molar refractivity (Wildman–Crippen MR) is 62.7 cm³/mol. The number of nitro groups is 1. The average molecular weight is 258 g/mol. The number of carbonyl (C=O) groups is 1. The fourth-order valence-electron chi connectivity index (χ4n) is 1.49. The zero-order valence-corrected chi connectivity index (χ0v) is 10.0. The van der Waals surface area contributed by atoms with Crippen LogP contribution in [0, 0.1) is 10.1 Å². The van der Waals surface area contributed by atoms with Gasteiger partial charge in [-0.1, -0.05) is 23.7 Å².